The Morgan fingerprint density at radius 1 is 1.39 bits per heavy atom. The van der Waals surface area contributed by atoms with Crippen LogP contribution in [-0.4, -0.2) is 20.9 Å². The molecule has 28 heavy (non-hydrogen) atoms. The van der Waals surface area contributed by atoms with E-state index in [1.807, 2.05) is 0 Å². The third-order valence-corrected chi connectivity index (χ3v) is 5.30. The lowest BCUT2D eigenvalue weighted by atomic mass is 10.1. The molecule has 2 aliphatic carbocycles. The minimum absolute atomic E-state index is 0.00178. The first-order valence-corrected chi connectivity index (χ1v) is 9.02. The van der Waals surface area contributed by atoms with Crippen LogP contribution in [0.1, 0.15) is 56.5 Å². The monoisotopic (exact) mass is 424 g/mol. The highest BCUT2D eigenvalue weighted by atomic mass is 35.5. The molecule has 1 saturated carbocycles. The quantitative estimate of drug-likeness (QED) is 0.558. The SMILES string of the molecule is CCC(Cl)=N/C(C)=C(/C)NC(=O)Cn1nc(C(F)(F)F)c2c1C(F)(F)C1CC21. The Morgan fingerprint density at radius 2 is 2.04 bits per heavy atom. The number of carbonyl (C=O) groups excluding carboxylic acids is 1. The second-order valence-electron chi connectivity index (χ2n) is 6.94. The number of carbonyl (C=O) groups is 1. The van der Waals surface area contributed by atoms with E-state index >= 15 is 0 Å². The fourth-order valence-corrected chi connectivity index (χ4v) is 3.54. The van der Waals surface area contributed by atoms with Gasteiger partial charge in [-0.1, -0.05) is 18.5 Å². The smallest absolute Gasteiger partial charge is 0.327 e. The summed E-state index contributed by atoms with van der Waals surface area (Å²) in [6.45, 7) is 4.13. The summed E-state index contributed by atoms with van der Waals surface area (Å²) < 4.78 is 69.1. The molecule has 0 bridgehead atoms. The fraction of sp³-hybridized carbons (Fsp3) is 0.588. The van der Waals surface area contributed by atoms with Gasteiger partial charge in [-0.3, -0.25) is 9.48 Å². The number of nitrogens with one attached hydrogen (secondary N) is 1. The lowest BCUT2D eigenvalue weighted by Crippen LogP contribution is -2.30. The molecule has 0 saturated heterocycles. The summed E-state index contributed by atoms with van der Waals surface area (Å²) in [5.41, 5.74) is -1.90. The van der Waals surface area contributed by atoms with Gasteiger partial charge in [-0.15, -0.1) is 0 Å². The van der Waals surface area contributed by atoms with E-state index in [-0.39, 0.29) is 6.42 Å². The maximum absolute atomic E-state index is 14.5. The first kappa shape index (κ1) is 20.8. The average molecular weight is 425 g/mol. The molecule has 154 valence electrons. The Labute approximate surface area is 162 Å². The van der Waals surface area contributed by atoms with Gasteiger partial charge in [0, 0.05) is 17.2 Å². The number of fused-ring (bicyclic) bond motifs is 3. The Hall–Kier alpha value is -1.97. The number of hydrogen-bond acceptors (Lipinski definition) is 3. The van der Waals surface area contributed by atoms with Crippen molar-refractivity contribution in [2.45, 2.75) is 58.2 Å². The van der Waals surface area contributed by atoms with Gasteiger partial charge in [0.05, 0.1) is 5.70 Å². The number of amides is 1. The molecule has 0 aliphatic heterocycles. The second kappa shape index (κ2) is 6.82. The molecule has 0 spiro atoms. The van der Waals surface area contributed by atoms with Gasteiger partial charge in [0.1, 0.15) is 17.4 Å². The zero-order valence-corrected chi connectivity index (χ0v) is 16.0. The minimum Gasteiger partial charge on any atom is -0.327 e. The topological polar surface area (TPSA) is 59.3 Å². The van der Waals surface area contributed by atoms with E-state index in [4.69, 9.17) is 11.6 Å². The maximum atomic E-state index is 14.5. The highest BCUT2D eigenvalue weighted by Crippen LogP contribution is 2.68. The number of alkyl halides is 5. The third kappa shape index (κ3) is 3.54. The van der Waals surface area contributed by atoms with Crippen LogP contribution >= 0.6 is 11.6 Å². The minimum atomic E-state index is -4.86. The molecule has 1 fully saturated rings. The second-order valence-corrected chi connectivity index (χ2v) is 7.37. The fourth-order valence-electron chi connectivity index (χ4n) is 3.41. The number of halogens is 6. The summed E-state index contributed by atoms with van der Waals surface area (Å²) in [5, 5.41) is 6.06. The summed E-state index contributed by atoms with van der Waals surface area (Å²) >= 11 is 5.83. The third-order valence-electron chi connectivity index (χ3n) is 4.94. The molecule has 1 aromatic rings. The first-order valence-electron chi connectivity index (χ1n) is 8.64. The zero-order chi connectivity index (χ0) is 21.0. The zero-order valence-electron chi connectivity index (χ0n) is 15.3. The van der Waals surface area contributed by atoms with Crippen LogP contribution in [0, 0.1) is 5.92 Å². The molecule has 11 heteroatoms. The highest BCUT2D eigenvalue weighted by Gasteiger charge is 2.68. The van der Waals surface area contributed by atoms with Gasteiger partial charge in [0.15, 0.2) is 5.69 Å². The van der Waals surface area contributed by atoms with Crippen molar-refractivity contribution < 1.29 is 26.7 Å². The molecule has 0 radical (unpaired) electrons. The van der Waals surface area contributed by atoms with Crippen molar-refractivity contribution in [1.29, 1.82) is 0 Å². The van der Waals surface area contributed by atoms with E-state index in [1.54, 1.807) is 13.8 Å². The summed E-state index contributed by atoms with van der Waals surface area (Å²) in [4.78, 5) is 16.3. The van der Waals surface area contributed by atoms with Gasteiger partial charge in [0.2, 0.25) is 5.91 Å². The van der Waals surface area contributed by atoms with Crippen molar-refractivity contribution in [2.75, 3.05) is 0 Å². The predicted octanol–water partition coefficient (Wildman–Crippen LogP) is 4.53. The van der Waals surface area contributed by atoms with Crippen molar-refractivity contribution >= 4 is 22.7 Å². The molecule has 2 aliphatic rings. The van der Waals surface area contributed by atoms with Gasteiger partial charge < -0.3 is 5.32 Å². The number of allylic oxidation sites excluding steroid dienone is 2. The van der Waals surface area contributed by atoms with E-state index in [0.717, 1.165) is 0 Å². The van der Waals surface area contributed by atoms with Crippen molar-refractivity contribution in [2.24, 2.45) is 10.9 Å². The van der Waals surface area contributed by atoms with Crippen molar-refractivity contribution in [3.63, 3.8) is 0 Å². The van der Waals surface area contributed by atoms with Crippen LogP contribution in [0.5, 0.6) is 0 Å². The van der Waals surface area contributed by atoms with E-state index < -0.39 is 53.3 Å². The van der Waals surface area contributed by atoms with E-state index in [2.05, 4.69) is 15.4 Å². The Balaban J connectivity index is 1.87. The first-order chi connectivity index (χ1) is 12.9. The Kier molecular flexibility index (Phi) is 5.06. The van der Waals surface area contributed by atoms with Gasteiger partial charge in [0.25, 0.3) is 5.92 Å². The molecule has 1 heterocycles. The van der Waals surface area contributed by atoms with Crippen molar-refractivity contribution in [1.82, 2.24) is 15.1 Å². The van der Waals surface area contributed by atoms with E-state index in [9.17, 15) is 26.7 Å². The normalized spacial score (nSPS) is 23.8. The van der Waals surface area contributed by atoms with E-state index in [1.165, 1.54) is 6.92 Å². The maximum Gasteiger partial charge on any atom is 0.435 e. The molecule has 2 atom stereocenters. The molecule has 1 aromatic heterocycles. The highest BCUT2D eigenvalue weighted by molar-refractivity contribution is 6.65. The van der Waals surface area contributed by atoms with Crippen LogP contribution in [0.3, 0.4) is 0 Å². The van der Waals surface area contributed by atoms with Gasteiger partial charge in [-0.2, -0.15) is 27.1 Å². The lowest BCUT2D eigenvalue weighted by Gasteiger charge is -2.15. The lowest BCUT2D eigenvalue weighted by molar-refractivity contribution is -0.142. The van der Waals surface area contributed by atoms with Gasteiger partial charge in [-0.05, 0) is 32.6 Å². The molecule has 5 nitrogen and oxygen atoms in total. The molecule has 1 N–H and O–H groups in total. The Bertz CT molecular complexity index is 887. The Morgan fingerprint density at radius 3 is 2.61 bits per heavy atom. The van der Waals surface area contributed by atoms with Crippen LogP contribution in [0.4, 0.5) is 22.0 Å². The van der Waals surface area contributed by atoms with Crippen molar-refractivity contribution in [3.05, 3.63) is 28.3 Å². The molecule has 0 aromatic carbocycles. The summed E-state index contributed by atoms with van der Waals surface area (Å²) in [6, 6.07) is 0. The summed E-state index contributed by atoms with van der Waals surface area (Å²) in [6.07, 6.45) is -4.38. The standard InChI is InChI=1S/C17H18ClF5N4O/c1-4-11(18)24-7(2)8(3)25-12(28)6-27-15-13(14(26-27)17(21,22)23)9-5-10(9)16(15,19)20/h9-10H,4-6H2,1-3H3,(H,25,28)/b8-7-,24-11?. The van der Waals surface area contributed by atoms with Gasteiger partial charge >= 0.3 is 6.18 Å². The van der Waals surface area contributed by atoms with Gasteiger partial charge in [-0.25, -0.2) is 4.99 Å². The average Bonchev–Trinajstić information content (AvgIpc) is 3.23. The van der Waals surface area contributed by atoms with Crippen LogP contribution < -0.4 is 5.32 Å². The molecule has 1 amide bonds. The molecule has 3 rings (SSSR count). The summed E-state index contributed by atoms with van der Waals surface area (Å²) in [7, 11) is 0. The number of rotatable bonds is 5. The number of aromatic nitrogens is 2. The van der Waals surface area contributed by atoms with Crippen molar-refractivity contribution in [3.8, 4) is 0 Å². The molecule has 2 unspecified atom stereocenters. The molecular weight excluding hydrogens is 407 g/mol. The molecular formula is C17H18ClF5N4O. The number of aliphatic imine (C=N–C) groups is 1. The van der Waals surface area contributed by atoms with Crippen LogP contribution in [0.25, 0.3) is 0 Å². The largest absolute Gasteiger partial charge is 0.435 e. The number of nitrogens with zero attached hydrogens (tertiary/aromatic N) is 3. The van der Waals surface area contributed by atoms with Crippen LogP contribution in [0.2, 0.25) is 0 Å². The predicted molar refractivity (Wildman–Crippen MR) is 92.1 cm³/mol. The van der Waals surface area contributed by atoms with Crippen LogP contribution in [0.15, 0.2) is 16.4 Å². The summed E-state index contributed by atoms with van der Waals surface area (Å²) in [5.74, 6) is -6.22. The number of hydrogen-bond donors (Lipinski definition) is 1. The van der Waals surface area contributed by atoms with E-state index in [0.29, 0.717) is 27.7 Å². The van der Waals surface area contributed by atoms with Crippen LogP contribution in [-0.2, 0) is 23.4 Å².